The van der Waals surface area contributed by atoms with Gasteiger partial charge in [0.25, 0.3) is 0 Å². The second-order valence-electron chi connectivity index (χ2n) is 8.97. The molecular formula is C30H24O8. The molecule has 0 amide bonds. The second-order valence-corrected chi connectivity index (χ2v) is 8.97. The summed E-state index contributed by atoms with van der Waals surface area (Å²) in [5.41, 5.74) is 1.38. The fourth-order valence-electron chi connectivity index (χ4n) is 4.25. The summed E-state index contributed by atoms with van der Waals surface area (Å²) >= 11 is 0. The molecule has 0 saturated heterocycles. The third-order valence-corrected chi connectivity index (χ3v) is 5.99. The van der Waals surface area contributed by atoms with Crippen molar-refractivity contribution in [2.75, 3.05) is 7.11 Å². The highest BCUT2D eigenvalue weighted by Gasteiger charge is 2.18. The molecule has 3 aromatic heterocycles. The van der Waals surface area contributed by atoms with Gasteiger partial charge in [-0.3, -0.25) is 4.79 Å². The molecule has 8 nitrogen and oxygen atoms in total. The molecule has 3 heterocycles. The predicted octanol–water partition coefficient (Wildman–Crippen LogP) is 6.54. The quantitative estimate of drug-likeness (QED) is 0.256. The first-order valence-electron chi connectivity index (χ1n) is 11.8. The van der Waals surface area contributed by atoms with Crippen molar-refractivity contribution in [3.63, 3.8) is 0 Å². The molecule has 192 valence electrons. The Bertz CT molecular complexity index is 1890. The van der Waals surface area contributed by atoms with E-state index in [1.165, 1.54) is 18.2 Å². The molecule has 0 saturated carbocycles. The van der Waals surface area contributed by atoms with E-state index in [1.54, 1.807) is 19.2 Å². The molecule has 0 radical (unpaired) electrons. The van der Waals surface area contributed by atoms with Crippen LogP contribution >= 0.6 is 0 Å². The molecule has 0 spiro atoms. The SMILES string of the molecule is COc1c(C(C)C)oc2cc3oc(=O)ccc3cc12.O=c1cc(-c2ccccc2)oc2cc(O)cc(O)c12. The molecule has 0 atom stereocenters. The molecule has 0 aliphatic rings. The van der Waals surface area contributed by atoms with E-state index in [-0.39, 0.29) is 39.4 Å². The molecule has 8 heteroatoms. The van der Waals surface area contributed by atoms with Crippen molar-refractivity contribution in [1.82, 2.24) is 0 Å². The lowest BCUT2D eigenvalue weighted by Crippen LogP contribution is -2.00. The molecule has 0 bridgehead atoms. The maximum absolute atomic E-state index is 12.0. The zero-order valence-electron chi connectivity index (χ0n) is 20.8. The maximum atomic E-state index is 12.0. The van der Waals surface area contributed by atoms with Crippen LogP contribution in [-0.4, -0.2) is 17.3 Å². The maximum Gasteiger partial charge on any atom is 0.336 e. The van der Waals surface area contributed by atoms with Crippen molar-refractivity contribution in [2.45, 2.75) is 19.8 Å². The van der Waals surface area contributed by atoms with E-state index >= 15 is 0 Å². The molecule has 6 aromatic rings. The van der Waals surface area contributed by atoms with Gasteiger partial charge in [-0.1, -0.05) is 44.2 Å². The Kier molecular flexibility index (Phi) is 6.38. The largest absolute Gasteiger partial charge is 0.508 e. The van der Waals surface area contributed by atoms with E-state index < -0.39 is 0 Å². The van der Waals surface area contributed by atoms with Gasteiger partial charge in [-0.25, -0.2) is 4.79 Å². The third-order valence-electron chi connectivity index (χ3n) is 5.99. The first-order valence-corrected chi connectivity index (χ1v) is 11.8. The summed E-state index contributed by atoms with van der Waals surface area (Å²) in [4.78, 5) is 23.2. The standard InChI is InChI=1S/C15H14O4.C15H10O4/c1-8(2)14-15(17-3)10-6-9-4-5-13(16)18-11(9)7-12(10)19-14;16-10-6-11(17)15-12(18)8-13(19-14(15)7-10)9-4-2-1-3-5-9/h4-8H,1-3H3;1-8,16-17H. The van der Waals surface area contributed by atoms with Gasteiger partial charge in [-0.15, -0.1) is 0 Å². The monoisotopic (exact) mass is 512 g/mol. The van der Waals surface area contributed by atoms with Gasteiger partial charge in [0.15, 0.2) is 11.2 Å². The number of phenolic OH excluding ortho intramolecular Hbond substituents is 2. The minimum atomic E-state index is -0.366. The minimum Gasteiger partial charge on any atom is -0.508 e. The van der Waals surface area contributed by atoms with Crippen molar-refractivity contribution >= 4 is 32.9 Å². The van der Waals surface area contributed by atoms with Gasteiger partial charge in [-0.05, 0) is 12.1 Å². The summed E-state index contributed by atoms with van der Waals surface area (Å²) in [6, 6.07) is 19.7. The van der Waals surface area contributed by atoms with Crippen LogP contribution in [0.3, 0.4) is 0 Å². The van der Waals surface area contributed by atoms with Crippen LogP contribution in [0, 0.1) is 0 Å². The number of furan rings is 1. The Morgan fingerprint density at radius 1 is 0.789 bits per heavy atom. The number of rotatable bonds is 3. The van der Waals surface area contributed by atoms with Gasteiger partial charge in [0.05, 0.1) is 12.5 Å². The van der Waals surface area contributed by atoms with E-state index in [0.29, 0.717) is 16.9 Å². The Morgan fingerprint density at radius 2 is 1.55 bits per heavy atom. The number of benzene rings is 3. The molecule has 0 aliphatic heterocycles. The number of phenols is 2. The van der Waals surface area contributed by atoms with Gasteiger partial charge in [0.1, 0.15) is 45.2 Å². The summed E-state index contributed by atoms with van der Waals surface area (Å²) in [6.07, 6.45) is 0. The second kappa shape index (κ2) is 9.82. The van der Waals surface area contributed by atoms with Crippen LogP contribution in [0.5, 0.6) is 17.2 Å². The smallest absolute Gasteiger partial charge is 0.336 e. The van der Waals surface area contributed by atoms with E-state index in [2.05, 4.69) is 0 Å². The summed E-state index contributed by atoms with van der Waals surface area (Å²) in [7, 11) is 1.63. The van der Waals surface area contributed by atoms with Gasteiger partial charge < -0.3 is 28.2 Å². The average molecular weight is 513 g/mol. The van der Waals surface area contributed by atoms with Gasteiger partial charge in [0, 0.05) is 47.2 Å². The molecule has 3 aromatic carbocycles. The molecular weight excluding hydrogens is 488 g/mol. The zero-order valence-corrected chi connectivity index (χ0v) is 20.8. The van der Waals surface area contributed by atoms with Crippen molar-refractivity contribution < 1.29 is 28.2 Å². The average Bonchev–Trinajstić information content (AvgIpc) is 3.25. The summed E-state index contributed by atoms with van der Waals surface area (Å²) in [5.74, 6) is 1.72. The number of aromatic hydroxyl groups is 2. The van der Waals surface area contributed by atoms with Crippen LogP contribution < -0.4 is 15.8 Å². The number of fused-ring (bicyclic) bond motifs is 3. The Balaban J connectivity index is 0.000000155. The lowest BCUT2D eigenvalue weighted by molar-refractivity contribution is 0.390. The van der Waals surface area contributed by atoms with Gasteiger partial charge in [-0.2, -0.15) is 0 Å². The van der Waals surface area contributed by atoms with Crippen molar-refractivity contribution in [3.05, 3.63) is 99.2 Å². The van der Waals surface area contributed by atoms with Crippen LogP contribution in [0.2, 0.25) is 0 Å². The molecule has 0 aliphatic carbocycles. The molecule has 2 N–H and O–H groups in total. The molecule has 0 unspecified atom stereocenters. The van der Waals surface area contributed by atoms with Crippen LogP contribution in [-0.2, 0) is 0 Å². The third kappa shape index (κ3) is 4.59. The van der Waals surface area contributed by atoms with Crippen molar-refractivity contribution in [3.8, 4) is 28.6 Å². The first-order chi connectivity index (χ1) is 18.2. The summed E-state index contributed by atoms with van der Waals surface area (Å²) in [6.45, 7) is 4.08. The number of ether oxygens (including phenoxy) is 1. The fraction of sp³-hybridized carbons (Fsp3) is 0.133. The van der Waals surface area contributed by atoms with Gasteiger partial charge >= 0.3 is 5.63 Å². The number of hydrogen-bond donors (Lipinski definition) is 2. The van der Waals surface area contributed by atoms with Crippen molar-refractivity contribution in [1.29, 1.82) is 0 Å². The van der Waals surface area contributed by atoms with E-state index in [4.69, 9.17) is 18.0 Å². The Labute approximate surface area is 215 Å². The van der Waals surface area contributed by atoms with Crippen LogP contribution in [0.15, 0.2) is 95.6 Å². The van der Waals surface area contributed by atoms with Crippen LogP contribution in [0.25, 0.3) is 44.2 Å². The molecule has 38 heavy (non-hydrogen) atoms. The Hall–Kier alpha value is -4.98. The molecule has 6 rings (SSSR count). The highest BCUT2D eigenvalue weighted by molar-refractivity contribution is 5.97. The topological polar surface area (TPSA) is 123 Å². The lowest BCUT2D eigenvalue weighted by Gasteiger charge is -2.04. The predicted molar refractivity (Wildman–Crippen MR) is 144 cm³/mol. The highest BCUT2D eigenvalue weighted by Crippen LogP contribution is 2.39. The van der Waals surface area contributed by atoms with Crippen molar-refractivity contribution in [2.24, 2.45) is 0 Å². The van der Waals surface area contributed by atoms with Crippen LogP contribution in [0.1, 0.15) is 25.5 Å². The fourth-order valence-corrected chi connectivity index (χ4v) is 4.25. The summed E-state index contributed by atoms with van der Waals surface area (Å²) in [5, 5.41) is 20.9. The number of hydrogen-bond acceptors (Lipinski definition) is 8. The number of methoxy groups -OCH3 is 1. The summed E-state index contributed by atoms with van der Waals surface area (Å²) < 4.78 is 22.0. The minimum absolute atomic E-state index is 0.0671. The first kappa shape index (κ1) is 24.7. The molecule has 0 fully saturated rings. The highest BCUT2D eigenvalue weighted by atomic mass is 16.5. The van der Waals surface area contributed by atoms with Crippen LogP contribution in [0.4, 0.5) is 0 Å². The lowest BCUT2D eigenvalue weighted by atomic mass is 10.1. The van der Waals surface area contributed by atoms with E-state index in [9.17, 15) is 19.8 Å². The van der Waals surface area contributed by atoms with Gasteiger partial charge in [0.2, 0.25) is 0 Å². The Morgan fingerprint density at radius 3 is 2.26 bits per heavy atom. The van der Waals surface area contributed by atoms with E-state index in [1.807, 2.05) is 50.2 Å². The zero-order chi connectivity index (χ0) is 27.0. The van der Waals surface area contributed by atoms with E-state index in [0.717, 1.165) is 33.9 Å². The normalized spacial score (nSPS) is 11.2.